The summed E-state index contributed by atoms with van der Waals surface area (Å²) in [5, 5.41) is 44.7. The number of ketones is 2. The number of fused-ring (bicyclic) bond motifs is 3. The van der Waals surface area contributed by atoms with Crippen molar-refractivity contribution >= 4 is 35.4 Å². The zero-order chi connectivity index (χ0) is 28.4. The summed E-state index contributed by atoms with van der Waals surface area (Å²) in [6.45, 7) is 2.00. The second kappa shape index (κ2) is 9.44. The molecule has 204 valence electrons. The number of primary amides is 1. The van der Waals surface area contributed by atoms with E-state index in [1.54, 1.807) is 25.1 Å². The van der Waals surface area contributed by atoms with Crippen LogP contribution in [0, 0.1) is 24.7 Å². The maximum atomic E-state index is 13.9. The molecule has 0 saturated heterocycles. The molecule has 3 aliphatic carbocycles. The standard InChI is InChI=1S/C30H32N2O7/c1-14-4-6-15(7-5-14)8-9-16-10-11-20(33)22-18(16)12-17-13-19-24(32(2)3)26(35)23(29(31)38)28(37)30(19,39)27(36)21(17)25(22)34/h4-11,17,19,23-24,26,33-35,39H,12-13H2,1-3H3,(H2,31,38)/b9-8+/t17-,19-,23?,24-,26?,30-/m1/s1. The highest BCUT2D eigenvalue weighted by molar-refractivity contribution is 6.25. The number of carbonyl (C=O) groups excluding carboxylic acids is 3. The second-order valence-electron chi connectivity index (χ2n) is 11.1. The molecule has 0 bridgehead atoms. The van der Waals surface area contributed by atoms with Gasteiger partial charge < -0.3 is 31.1 Å². The molecular weight excluding hydrogens is 500 g/mol. The smallest absolute Gasteiger partial charge is 0.230 e. The summed E-state index contributed by atoms with van der Waals surface area (Å²) in [7, 11) is 3.25. The number of aliphatic hydroxyl groups excluding tert-OH is 2. The molecule has 1 amide bonds. The third-order valence-electron chi connectivity index (χ3n) is 8.54. The average molecular weight is 533 g/mol. The molecule has 2 aromatic carbocycles. The molecule has 0 aliphatic heterocycles. The van der Waals surface area contributed by atoms with Gasteiger partial charge in [0.1, 0.15) is 17.4 Å². The van der Waals surface area contributed by atoms with E-state index in [4.69, 9.17) is 5.73 Å². The Labute approximate surface area is 225 Å². The molecule has 6 N–H and O–H groups in total. The molecular formula is C30H32N2O7. The number of likely N-dealkylation sites (N-methyl/N-ethyl adjacent to an activating group) is 1. The normalized spacial score (nSPS) is 30.4. The summed E-state index contributed by atoms with van der Waals surface area (Å²) >= 11 is 0. The van der Waals surface area contributed by atoms with Gasteiger partial charge in [-0.1, -0.05) is 48.0 Å². The fourth-order valence-electron chi connectivity index (χ4n) is 6.65. The first kappa shape index (κ1) is 26.8. The lowest BCUT2D eigenvalue weighted by molar-refractivity contribution is -0.184. The highest BCUT2D eigenvalue weighted by Gasteiger charge is 2.67. The summed E-state index contributed by atoms with van der Waals surface area (Å²) < 4.78 is 0. The van der Waals surface area contributed by atoms with Gasteiger partial charge in [-0.25, -0.2) is 0 Å². The number of nitrogens with two attached hydrogens (primary N) is 1. The van der Waals surface area contributed by atoms with Gasteiger partial charge in [0, 0.05) is 17.5 Å². The highest BCUT2D eigenvalue weighted by Crippen LogP contribution is 2.52. The van der Waals surface area contributed by atoms with Crippen molar-refractivity contribution in [3.8, 4) is 5.75 Å². The van der Waals surface area contributed by atoms with Crippen LogP contribution in [0.15, 0.2) is 42.0 Å². The summed E-state index contributed by atoms with van der Waals surface area (Å²) in [5.41, 5.74) is 6.11. The number of hydrogen-bond donors (Lipinski definition) is 5. The number of aromatic hydroxyl groups is 1. The molecule has 6 atom stereocenters. The number of amides is 1. The third-order valence-corrected chi connectivity index (χ3v) is 8.54. The van der Waals surface area contributed by atoms with Crippen LogP contribution in [0.2, 0.25) is 0 Å². The topological polar surface area (TPSA) is 161 Å². The minimum atomic E-state index is -2.66. The molecule has 9 heteroatoms. The van der Waals surface area contributed by atoms with E-state index in [0.29, 0.717) is 5.56 Å². The van der Waals surface area contributed by atoms with Crippen LogP contribution in [0.4, 0.5) is 0 Å². The summed E-state index contributed by atoms with van der Waals surface area (Å²) in [6, 6.07) is 10.2. The number of phenolic OH excluding ortho intramolecular Hbond substituents is 1. The Hall–Kier alpha value is -3.79. The van der Waals surface area contributed by atoms with Gasteiger partial charge in [-0.05, 0) is 62.5 Å². The van der Waals surface area contributed by atoms with Crippen LogP contribution in [-0.2, 0) is 20.8 Å². The van der Waals surface area contributed by atoms with Crippen LogP contribution in [0.3, 0.4) is 0 Å². The van der Waals surface area contributed by atoms with E-state index >= 15 is 0 Å². The Balaban J connectivity index is 1.63. The van der Waals surface area contributed by atoms with Crippen LogP contribution >= 0.6 is 0 Å². The molecule has 9 nitrogen and oxygen atoms in total. The quantitative estimate of drug-likeness (QED) is 0.293. The van der Waals surface area contributed by atoms with Gasteiger partial charge in [0.25, 0.3) is 0 Å². The SMILES string of the molecule is Cc1ccc(/C=C/c2ccc(O)c3c2C[C@@H]2C[C@@H]4[C@@H](N(C)C)C(O)C(C(N)=O)C(=O)[C@]4(O)C(=O)C2=C3O)cc1. The maximum Gasteiger partial charge on any atom is 0.230 e. The van der Waals surface area contributed by atoms with E-state index in [0.717, 1.165) is 16.7 Å². The molecule has 5 rings (SSSR count). The van der Waals surface area contributed by atoms with Crippen LogP contribution in [-0.4, -0.2) is 74.6 Å². The number of rotatable bonds is 4. The number of phenols is 1. The van der Waals surface area contributed by atoms with Crippen LogP contribution in [0.25, 0.3) is 17.9 Å². The fourth-order valence-corrected chi connectivity index (χ4v) is 6.65. The van der Waals surface area contributed by atoms with Gasteiger partial charge in [0.15, 0.2) is 11.4 Å². The second-order valence-corrected chi connectivity index (χ2v) is 11.1. The largest absolute Gasteiger partial charge is 0.507 e. The van der Waals surface area contributed by atoms with Crippen molar-refractivity contribution in [1.82, 2.24) is 4.90 Å². The van der Waals surface area contributed by atoms with Crippen molar-refractivity contribution in [3.05, 3.63) is 69.8 Å². The Morgan fingerprint density at radius 1 is 1.08 bits per heavy atom. The van der Waals surface area contributed by atoms with Gasteiger partial charge in [-0.2, -0.15) is 0 Å². The molecule has 0 aromatic heterocycles. The van der Waals surface area contributed by atoms with E-state index in [-0.39, 0.29) is 29.7 Å². The maximum absolute atomic E-state index is 13.9. The molecule has 2 aromatic rings. The van der Waals surface area contributed by atoms with Gasteiger partial charge >= 0.3 is 0 Å². The van der Waals surface area contributed by atoms with Crippen LogP contribution < -0.4 is 5.73 Å². The van der Waals surface area contributed by atoms with Gasteiger partial charge in [-0.15, -0.1) is 0 Å². The lowest BCUT2D eigenvalue weighted by Gasteiger charge is -2.53. The van der Waals surface area contributed by atoms with Gasteiger partial charge in [0.2, 0.25) is 11.7 Å². The number of hydrogen-bond acceptors (Lipinski definition) is 8. The average Bonchev–Trinajstić information content (AvgIpc) is 2.86. The molecule has 0 heterocycles. The number of nitrogens with zero attached hydrogens (tertiary/aromatic N) is 1. The first-order chi connectivity index (χ1) is 18.4. The highest BCUT2D eigenvalue weighted by atomic mass is 16.3. The van der Waals surface area contributed by atoms with E-state index in [2.05, 4.69) is 0 Å². The van der Waals surface area contributed by atoms with E-state index in [1.165, 1.54) is 6.07 Å². The van der Waals surface area contributed by atoms with E-state index < -0.39 is 58.7 Å². The number of carbonyl (C=O) groups is 3. The number of aliphatic hydroxyl groups is 3. The van der Waals surface area contributed by atoms with E-state index in [9.17, 15) is 34.8 Å². The molecule has 0 spiro atoms. The zero-order valence-electron chi connectivity index (χ0n) is 22.0. The van der Waals surface area contributed by atoms with Crippen LogP contribution in [0.1, 0.15) is 34.2 Å². The molecule has 0 radical (unpaired) electrons. The van der Waals surface area contributed by atoms with Crippen molar-refractivity contribution in [1.29, 1.82) is 0 Å². The first-order valence-electron chi connectivity index (χ1n) is 12.9. The lowest BCUT2D eigenvalue weighted by atomic mass is 9.54. The predicted octanol–water partition coefficient (Wildman–Crippen LogP) is 1.61. The number of aryl methyl sites for hydroxylation is 1. The van der Waals surface area contributed by atoms with Crippen molar-refractivity contribution in [3.63, 3.8) is 0 Å². The van der Waals surface area contributed by atoms with Gasteiger partial charge in [0.05, 0.1) is 11.7 Å². The predicted molar refractivity (Wildman–Crippen MR) is 144 cm³/mol. The fraction of sp³-hybridized carbons (Fsp3) is 0.367. The zero-order valence-corrected chi connectivity index (χ0v) is 22.0. The number of Topliss-reactive ketones (excluding diaryl/α,β-unsaturated/α-hetero) is 2. The third kappa shape index (κ3) is 4.00. The Morgan fingerprint density at radius 3 is 2.36 bits per heavy atom. The molecule has 2 unspecified atom stereocenters. The summed E-state index contributed by atoms with van der Waals surface area (Å²) in [6.07, 6.45) is 2.59. The summed E-state index contributed by atoms with van der Waals surface area (Å²) in [4.78, 5) is 41.0. The minimum Gasteiger partial charge on any atom is -0.507 e. The lowest BCUT2D eigenvalue weighted by Crippen LogP contribution is -2.73. The number of benzene rings is 2. The van der Waals surface area contributed by atoms with Crippen LogP contribution in [0.5, 0.6) is 5.75 Å². The first-order valence-corrected chi connectivity index (χ1v) is 12.9. The molecule has 2 saturated carbocycles. The van der Waals surface area contributed by atoms with Crippen molar-refractivity contribution in [2.75, 3.05) is 14.1 Å². The molecule has 39 heavy (non-hydrogen) atoms. The monoisotopic (exact) mass is 532 g/mol. The van der Waals surface area contributed by atoms with Crippen molar-refractivity contribution < 1.29 is 34.8 Å². The Bertz CT molecular complexity index is 1440. The van der Waals surface area contributed by atoms with Gasteiger partial charge in [-0.3, -0.25) is 14.4 Å². The molecule has 2 fully saturated rings. The van der Waals surface area contributed by atoms with Crippen molar-refractivity contribution in [2.45, 2.75) is 37.5 Å². The Kier molecular flexibility index (Phi) is 6.49. The summed E-state index contributed by atoms with van der Waals surface area (Å²) in [5.74, 6) is -7.52. The van der Waals surface area contributed by atoms with Crippen molar-refractivity contribution in [2.24, 2.45) is 23.5 Å². The van der Waals surface area contributed by atoms with E-state index in [1.807, 2.05) is 43.3 Å². The minimum absolute atomic E-state index is 0.0709. The Morgan fingerprint density at radius 2 is 1.74 bits per heavy atom. The molecule has 3 aliphatic rings.